The van der Waals surface area contributed by atoms with Crippen molar-refractivity contribution >= 4 is 29.3 Å². The Morgan fingerprint density at radius 1 is 1.19 bits per heavy atom. The third-order valence-electron chi connectivity index (χ3n) is 3.30. The molecule has 0 saturated heterocycles. The number of aromatic nitrogens is 2. The average molecular weight is 322 g/mol. The first-order valence-corrected chi connectivity index (χ1v) is 8.77. The van der Waals surface area contributed by atoms with Crippen LogP contribution in [0.25, 0.3) is 16.2 Å². The van der Waals surface area contributed by atoms with Gasteiger partial charge in [-0.2, -0.15) is 0 Å². The molecule has 3 rings (SSSR count). The molecule has 0 bridgehead atoms. The predicted molar refractivity (Wildman–Crippen MR) is 84.5 cm³/mol. The lowest BCUT2D eigenvalue weighted by Gasteiger charge is -2.15. The van der Waals surface area contributed by atoms with E-state index in [0.29, 0.717) is 11.1 Å². The average Bonchev–Trinajstić information content (AvgIpc) is 3.08. The Bertz CT molecular complexity index is 817. The zero-order valence-corrected chi connectivity index (χ0v) is 13.6. The van der Waals surface area contributed by atoms with Crippen LogP contribution >= 0.6 is 18.9 Å². The summed E-state index contributed by atoms with van der Waals surface area (Å²) in [5.41, 5.74) is 2.95. The van der Waals surface area contributed by atoms with Gasteiger partial charge in [-0.05, 0) is 6.92 Å². The Morgan fingerprint density at radius 3 is 2.48 bits per heavy atom. The number of hydrogen-bond acceptors (Lipinski definition) is 5. The van der Waals surface area contributed by atoms with Crippen LogP contribution in [0.15, 0.2) is 35.7 Å². The van der Waals surface area contributed by atoms with Crippen molar-refractivity contribution in [1.29, 1.82) is 0 Å². The zero-order chi connectivity index (χ0) is 15.0. The summed E-state index contributed by atoms with van der Waals surface area (Å²) in [5.74, 6) is 0. The van der Waals surface area contributed by atoms with Gasteiger partial charge in [0, 0.05) is 30.9 Å². The van der Waals surface area contributed by atoms with Crippen LogP contribution in [-0.4, -0.2) is 23.6 Å². The summed E-state index contributed by atoms with van der Waals surface area (Å²) < 4.78 is 25.2. The van der Waals surface area contributed by atoms with Crippen molar-refractivity contribution in [3.8, 4) is 11.3 Å². The molecule has 0 fully saturated rings. The molecule has 0 saturated carbocycles. The second kappa shape index (κ2) is 5.39. The van der Waals surface area contributed by atoms with Gasteiger partial charge in [0.05, 0.1) is 0 Å². The van der Waals surface area contributed by atoms with Crippen molar-refractivity contribution in [2.75, 3.05) is 14.2 Å². The van der Waals surface area contributed by atoms with Gasteiger partial charge in [0.25, 0.3) is 0 Å². The highest BCUT2D eigenvalue weighted by Crippen LogP contribution is 2.48. The van der Waals surface area contributed by atoms with Crippen molar-refractivity contribution in [2.24, 2.45) is 0 Å². The van der Waals surface area contributed by atoms with E-state index in [2.05, 4.69) is 4.98 Å². The zero-order valence-electron chi connectivity index (χ0n) is 11.9. The molecule has 110 valence electrons. The second-order valence-corrected chi connectivity index (χ2v) is 7.49. The molecule has 3 aromatic rings. The normalized spacial score (nSPS) is 12.1. The van der Waals surface area contributed by atoms with Crippen LogP contribution in [0, 0.1) is 6.92 Å². The maximum absolute atomic E-state index is 13.0. The Morgan fingerprint density at radius 2 is 1.86 bits per heavy atom. The monoisotopic (exact) mass is 322 g/mol. The predicted octanol–water partition coefficient (Wildman–Crippen LogP) is 3.48. The van der Waals surface area contributed by atoms with Crippen molar-refractivity contribution in [2.45, 2.75) is 6.92 Å². The summed E-state index contributed by atoms with van der Waals surface area (Å²) >= 11 is 1.50. The Kier molecular flexibility index (Phi) is 3.71. The molecule has 0 N–H and O–H groups in total. The number of aryl methyl sites for hydroxylation is 1. The smallest absolute Gasteiger partial charge is 0.307 e. The molecular weight excluding hydrogens is 307 g/mol. The highest BCUT2D eigenvalue weighted by molar-refractivity contribution is 7.62. The van der Waals surface area contributed by atoms with Crippen molar-refractivity contribution in [1.82, 2.24) is 9.38 Å². The van der Waals surface area contributed by atoms with Crippen LogP contribution in [0.3, 0.4) is 0 Å². The molecule has 0 amide bonds. The molecule has 0 atom stereocenters. The minimum absolute atomic E-state index is 0.479. The van der Waals surface area contributed by atoms with Crippen molar-refractivity contribution in [3.63, 3.8) is 0 Å². The number of fused-ring (bicyclic) bond motifs is 1. The second-order valence-electron chi connectivity index (χ2n) is 4.51. The molecule has 5 nitrogen and oxygen atoms in total. The van der Waals surface area contributed by atoms with E-state index in [1.165, 1.54) is 25.6 Å². The summed E-state index contributed by atoms with van der Waals surface area (Å²) in [7, 11) is -0.643. The molecule has 2 heterocycles. The number of imidazole rings is 1. The Balaban J connectivity index is 2.38. The SMILES string of the molecule is COP(=O)(OC)c1c(-c2ccccc2)nc2scc(C)n12. The molecule has 0 unspecified atom stereocenters. The van der Waals surface area contributed by atoms with Crippen LogP contribution in [0.4, 0.5) is 0 Å². The minimum atomic E-state index is -3.42. The molecular formula is C14H15N2O3PS. The van der Waals surface area contributed by atoms with Crippen LogP contribution in [0.1, 0.15) is 5.69 Å². The van der Waals surface area contributed by atoms with E-state index in [9.17, 15) is 4.57 Å². The number of hydrogen-bond donors (Lipinski definition) is 0. The molecule has 2 aromatic heterocycles. The maximum Gasteiger partial charge on any atom is 0.379 e. The van der Waals surface area contributed by atoms with Gasteiger partial charge in [0.15, 0.2) is 10.4 Å². The summed E-state index contributed by atoms with van der Waals surface area (Å²) in [4.78, 5) is 5.39. The van der Waals surface area contributed by atoms with Gasteiger partial charge in [0.2, 0.25) is 0 Å². The van der Waals surface area contributed by atoms with Gasteiger partial charge >= 0.3 is 7.60 Å². The summed E-state index contributed by atoms with van der Waals surface area (Å²) in [5, 5.41) is 1.97. The van der Waals surface area contributed by atoms with E-state index >= 15 is 0 Å². The van der Waals surface area contributed by atoms with E-state index in [1.807, 2.05) is 47.0 Å². The maximum atomic E-state index is 13.0. The van der Waals surface area contributed by atoms with E-state index in [4.69, 9.17) is 9.05 Å². The largest absolute Gasteiger partial charge is 0.379 e. The third kappa shape index (κ3) is 2.24. The lowest BCUT2D eigenvalue weighted by molar-refractivity contribution is 0.286. The molecule has 0 aliphatic heterocycles. The fourth-order valence-corrected chi connectivity index (χ4v) is 4.63. The topological polar surface area (TPSA) is 52.8 Å². The summed E-state index contributed by atoms with van der Waals surface area (Å²) in [6, 6.07) is 9.63. The molecule has 0 radical (unpaired) electrons. The van der Waals surface area contributed by atoms with E-state index in [0.717, 1.165) is 16.2 Å². The van der Waals surface area contributed by atoms with Crippen LogP contribution in [-0.2, 0) is 13.6 Å². The molecule has 0 aliphatic carbocycles. The van der Waals surface area contributed by atoms with E-state index in [-0.39, 0.29) is 0 Å². The first kappa shape index (κ1) is 14.5. The summed E-state index contributed by atoms with van der Waals surface area (Å²) in [6.45, 7) is 1.94. The number of benzene rings is 1. The Labute approximate surface area is 126 Å². The lowest BCUT2D eigenvalue weighted by atomic mass is 10.2. The lowest BCUT2D eigenvalue weighted by Crippen LogP contribution is -2.16. The number of nitrogens with zero attached hydrogens (tertiary/aromatic N) is 2. The fourth-order valence-electron chi connectivity index (χ4n) is 2.27. The van der Waals surface area contributed by atoms with Gasteiger partial charge in [-0.15, -0.1) is 11.3 Å². The van der Waals surface area contributed by atoms with Gasteiger partial charge < -0.3 is 9.05 Å². The van der Waals surface area contributed by atoms with Gasteiger partial charge in [-0.25, -0.2) is 4.98 Å². The van der Waals surface area contributed by atoms with Crippen molar-refractivity contribution in [3.05, 3.63) is 41.4 Å². The van der Waals surface area contributed by atoms with Gasteiger partial charge in [-0.3, -0.25) is 8.97 Å². The molecule has 0 spiro atoms. The fraction of sp³-hybridized carbons (Fsp3) is 0.214. The van der Waals surface area contributed by atoms with Crippen LogP contribution in [0.5, 0.6) is 0 Å². The minimum Gasteiger partial charge on any atom is -0.307 e. The summed E-state index contributed by atoms with van der Waals surface area (Å²) in [6.07, 6.45) is 0. The van der Waals surface area contributed by atoms with Gasteiger partial charge in [-0.1, -0.05) is 30.3 Å². The molecule has 21 heavy (non-hydrogen) atoms. The van der Waals surface area contributed by atoms with Gasteiger partial charge in [0.1, 0.15) is 5.69 Å². The first-order valence-electron chi connectivity index (χ1n) is 6.35. The van der Waals surface area contributed by atoms with E-state index in [1.54, 1.807) is 0 Å². The first-order chi connectivity index (χ1) is 10.1. The van der Waals surface area contributed by atoms with Crippen LogP contribution < -0.4 is 5.44 Å². The molecule has 0 aliphatic rings. The third-order valence-corrected chi connectivity index (χ3v) is 6.13. The molecule has 7 heteroatoms. The molecule has 1 aromatic carbocycles. The highest BCUT2D eigenvalue weighted by atomic mass is 32.1. The van der Waals surface area contributed by atoms with Crippen LogP contribution in [0.2, 0.25) is 0 Å². The standard InChI is InChI=1S/C14H15N2O3PS/c1-10-9-21-14-15-12(11-7-5-4-6-8-11)13(16(10)14)20(17,18-2)19-3/h4-9H,1-3H3. The number of thiazole rings is 1. The van der Waals surface area contributed by atoms with E-state index < -0.39 is 7.60 Å². The quantitative estimate of drug-likeness (QED) is 0.690. The Hall–Kier alpha value is -1.46. The van der Waals surface area contributed by atoms with Crippen molar-refractivity contribution < 1.29 is 13.6 Å². The number of rotatable bonds is 4. The highest BCUT2D eigenvalue weighted by Gasteiger charge is 2.34.